The number of carboxylic acid groups (broad SMARTS) is 1. The highest BCUT2D eigenvalue weighted by atomic mass is 16.5. The van der Waals surface area contributed by atoms with Gasteiger partial charge in [0, 0.05) is 6.20 Å². The largest absolute Gasteiger partial charge is 0.480 e. The minimum atomic E-state index is -0.775. The zero-order valence-electron chi connectivity index (χ0n) is 17.1. The van der Waals surface area contributed by atoms with Gasteiger partial charge in [-0.2, -0.15) is 0 Å². The van der Waals surface area contributed by atoms with Crippen molar-refractivity contribution in [1.82, 2.24) is 9.88 Å². The van der Waals surface area contributed by atoms with Gasteiger partial charge in [0.15, 0.2) is 0 Å². The molecule has 2 heterocycles. The monoisotopic (exact) mass is 402 g/mol. The summed E-state index contributed by atoms with van der Waals surface area (Å²) in [6.07, 6.45) is 4.40. The average molecular weight is 402 g/mol. The topological polar surface area (TPSA) is 62.7 Å². The number of aryl methyl sites for hydroxylation is 1. The van der Waals surface area contributed by atoms with Crippen LogP contribution in [0.1, 0.15) is 42.1 Å². The Hall–Kier alpha value is -3.18. The number of hydrogen-bond donors (Lipinski definition) is 1. The molecule has 154 valence electrons. The van der Waals surface area contributed by atoms with Crippen molar-refractivity contribution < 1.29 is 14.6 Å². The number of pyridine rings is 1. The molecule has 1 N–H and O–H groups in total. The first kappa shape index (κ1) is 20.1. The van der Waals surface area contributed by atoms with Crippen LogP contribution >= 0.6 is 0 Å². The Morgan fingerprint density at radius 2 is 1.87 bits per heavy atom. The minimum Gasteiger partial charge on any atom is -0.480 e. The molecule has 0 bridgehead atoms. The molecular weight excluding hydrogens is 376 g/mol. The number of rotatable bonds is 6. The number of likely N-dealkylation sites (tertiary alicyclic amines) is 1. The van der Waals surface area contributed by atoms with Crippen LogP contribution in [0, 0.1) is 6.92 Å². The van der Waals surface area contributed by atoms with Crippen molar-refractivity contribution in [3.8, 4) is 11.5 Å². The van der Waals surface area contributed by atoms with Gasteiger partial charge in [-0.05, 0) is 67.8 Å². The van der Waals surface area contributed by atoms with Crippen LogP contribution in [-0.4, -0.2) is 33.5 Å². The SMILES string of the molecule is Cc1ccc(C(c2cccc(Oc3ccccc3)c2)N2CCCCC2C(=O)O)nc1. The van der Waals surface area contributed by atoms with E-state index < -0.39 is 12.0 Å². The van der Waals surface area contributed by atoms with Crippen LogP contribution in [0.25, 0.3) is 0 Å². The molecule has 2 atom stereocenters. The molecule has 5 heteroatoms. The summed E-state index contributed by atoms with van der Waals surface area (Å²) < 4.78 is 6.03. The first-order valence-corrected chi connectivity index (χ1v) is 10.4. The summed E-state index contributed by atoms with van der Waals surface area (Å²) in [4.78, 5) is 18.7. The predicted molar refractivity (Wildman–Crippen MR) is 116 cm³/mol. The van der Waals surface area contributed by atoms with Crippen molar-refractivity contribution in [2.75, 3.05) is 6.54 Å². The lowest BCUT2D eigenvalue weighted by Gasteiger charge is -2.39. The van der Waals surface area contributed by atoms with Gasteiger partial charge in [0.1, 0.15) is 17.5 Å². The quantitative estimate of drug-likeness (QED) is 0.613. The van der Waals surface area contributed by atoms with Crippen molar-refractivity contribution >= 4 is 5.97 Å². The van der Waals surface area contributed by atoms with Crippen LogP contribution in [0.4, 0.5) is 0 Å². The maximum absolute atomic E-state index is 12.0. The molecule has 0 amide bonds. The first-order valence-electron chi connectivity index (χ1n) is 10.4. The lowest BCUT2D eigenvalue weighted by molar-refractivity contribution is -0.145. The third-order valence-electron chi connectivity index (χ3n) is 5.53. The molecule has 1 saturated heterocycles. The van der Waals surface area contributed by atoms with Crippen molar-refractivity contribution in [2.24, 2.45) is 0 Å². The zero-order chi connectivity index (χ0) is 20.9. The Balaban J connectivity index is 1.73. The van der Waals surface area contributed by atoms with Gasteiger partial charge in [-0.1, -0.05) is 42.8 Å². The van der Waals surface area contributed by atoms with Crippen molar-refractivity contribution in [3.05, 3.63) is 89.7 Å². The fourth-order valence-electron chi connectivity index (χ4n) is 4.07. The highest BCUT2D eigenvalue weighted by molar-refractivity contribution is 5.73. The second-order valence-electron chi connectivity index (χ2n) is 7.74. The van der Waals surface area contributed by atoms with Crippen molar-refractivity contribution in [2.45, 2.75) is 38.3 Å². The third-order valence-corrected chi connectivity index (χ3v) is 5.53. The van der Waals surface area contributed by atoms with E-state index in [2.05, 4.69) is 9.88 Å². The smallest absolute Gasteiger partial charge is 0.320 e. The van der Waals surface area contributed by atoms with Crippen LogP contribution in [0.15, 0.2) is 72.9 Å². The van der Waals surface area contributed by atoms with Gasteiger partial charge < -0.3 is 9.84 Å². The van der Waals surface area contributed by atoms with E-state index >= 15 is 0 Å². The van der Waals surface area contributed by atoms with Gasteiger partial charge in [-0.15, -0.1) is 0 Å². The maximum Gasteiger partial charge on any atom is 0.320 e. The van der Waals surface area contributed by atoms with E-state index in [1.165, 1.54) is 0 Å². The Morgan fingerprint density at radius 3 is 2.60 bits per heavy atom. The Morgan fingerprint density at radius 1 is 1.07 bits per heavy atom. The number of aromatic nitrogens is 1. The molecule has 3 aromatic rings. The Kier molecular flexibility index (Phi) is 6.10. The van der Waals surface area contributed by atoms with Crippen molar-refractivity contribution in [1.29, 1.82) is 0 Å². The standard InChI is InChI=1S/C25H26N2O3/c1-18-13-14-22(26-17-18)24(27-15-6-5-12-23(27)25(28)29)19-8-7-11-21(16-19)30-20-9-3-2-4-10-20/h2-4,7-11,13-14,16-17,23-24H,5-6,12,15H2,1H3,(H,28,29). The lowest BCUT2D eigenvalue weighted by Crippen LogP contribution is -2.47. The Labute approximate surface area is 177 Å². The van der Waals surface area contributed by atoms with Gasteiger partial charge in [-0.25, -0.2) is 0 Å². The second-order valence-corrected chi connectivity index (χ2v) is 7.74. The number of hydrogen-bond acceptors (Lipinski definition) is 4. The van der Waals surface area contributed by atoms with E-state index in [0.29, 0.717) is 6.42 Å². The summed E-state index contributed by atoms with van der Waals surface area (Å²) in [5.41, 5.74) is 2.91. The number of carbonyl (C=O) groups is 1. The Bertz CT molecular complexity index is 989. The molecule has 30 heavy (non-hydrogen) atoms. The minimum absolute atomic E-state index is 0.244. The molecule has 5 nitrogen and oxygen atoms in total. The summed E-state index contributed by atoms with van der Waals surface area (Å²) in [5.74, 6) is 0.712. The third kappa shape index (κ3) is 4.52. The first-order chi connectivity index (χ1) is 14.6. The molecule has 0 radical (unpaired) electrons. The van der Waals surface area contributed by atoms with E-state index in [1.54, 1.807) is 0 Å². The van der Waals surface area contributed by atoms with Gasteiger partial charge in [0.2, 0.25) is 0 Å². The van der Waals surface area contributed by atoms with Crippen LogP contribution in [0.3, 0.4) is 0 Å². The van der Waals surface area contributed by atoms with E-state index in [9.17, 15) is 9.90 Å². The van der Waals surface area contributed by atoms with Crippen LogP contribution in [-0.2, 0) is 4.79 Å². The summed E-state index contributed by atoms with van der Waals surface area (Å²) in [7, 11) is 0. The predicted octanol–water partition coefficient (Wildman–Crippen LogP) is 5.21. The van der Waals surface area contributed by atoms with E-state index in [-0.39, 0.29) is 6.04 Å². The average Bonchev–Trinajstić information content (AvgIpc) is 2.77. The summed E-state index contributed by atoms with van der Waals surface area (Å²) in [6.45, 7) is 2.72. The molecule has 1 aromatic heterocycles. The summed E-state index contributed by atoms with van der Waals surface area (Å²) >= 11 is 0. The highest BCUT2D eigenvalue weighted by Gasteiger charge is 2.35. The molecule has 2 aromatic carbocycles. The molecule has 0 saturated carbocycles. The molecule has 4 rings (SSSR count). The van der Waals surface area contributed by atoms with Gasteiger partial charge >= 0.3 is 5.97 Å². The molecular formula is C25H26N2O3. The molecule has 1 aliphatic rings. The van der Waals surface area contributed by atoms with Gasteiger partial charge in [0.25, 0.3) is 0 Å². The molecule has 1 aliphatic heterocycles. The number of benzene rings is 2. The number of para-hydroxylation sites is 1. The molecule has 0 spiro atoms. The van der Waals surface area contributed by atoms with E-state index in [1.807, 2.05) is 79.9 Å². The molecule has 0 aliphatic carbocycles. The molecule has 2 unspecified atom stereocenters. The summed E-state index contributed by atoms with van der Waals surface area (Å²) in [5, 5.41) is 9.86. The van der Waals surface area contributed by atoms with Crippen molar-refractivity contribution in [3.63, 3.8) is 0 Å². The fourth-order valence-corrected chi connectivity index (χ4v) is 4.07. The molecule has 1 fully saturated rings. The van der Waals surface area contributed by atoms with Crippen LogP contribution in [0.2, 0.25) is 0 Å². The number of piperidine rings is 1. The second kappa shape index (κ2) is 9.09. The fraction of sp³-hybridized carbons (Fsp3) is 0.280. The number of nitrogens with zero attached hydrogens (tertiary/aromatic N) is 2. The number of carboxylic acids is 1. The highest BCUT2D eigenvalue weighted by Crippen LogP contribution is 2.35. The maximum atomic E-state index is 12.0. The van der Waals surface area contributed by atoms with Crippen LogP contribution < -0.4 is 4.74 Å². The van der Waals surface area contributed by atoms with Gasteiger partial charge in [-0.3, -0.25) is 14.7 Å². The van der Waals surface area contributed by atoms with E-state index in [0.717, 1.165) is 47.7 Å². The summed E-state index contributed by atoms with van der Waals surface area (Å²) in [6, 6.07) is 20.8. The number of ether oxygens (including phenoxy) is 1. The van der Waals surface area contributed by atoms with E-state index in [4.69, 9.17) is 4.74 Å². The number of aliphatic carboxylic acids is 1. The van der Waals surface area contributed by atoms with Crippen LogP contribution in [0.5, 0.6) is 11.5 Å². The van der Waals surface area contributed by atoms with Gasteiger partial charge in [0.05, 0.1) is 11.7 Å². The normalized spacial score (nSPS) is 18.0. The zero-order valence-corrected chi connectivity index (χ0v) is 17.1. The lowest BCUT2D eigenvalue weighted by atomic mass is 9.94.